The van der Waals surface area contributed by atoms with Gasteiger partial charge in [0.15, 0.2) is 5.76 Å². The Morgan fingerprint density at radius 3 is 2.53 bits per heavy atom. The molecule has 0 unspecified atom stereocenters. The molecule has 0 aliphatic carbocycles. The largest absolute Gasteiger partial charge is 0.464 e. The molecule has 0 atom stereocenters. The first-order valence-corrected chi connectivity index (χ1v) is 10.3. The van der Waals surface area contributed by atoms with Crippen molar-refractivity contribution >= 4 is 17.8 Å². The van der Waals surface area contributed by atoms with Gasteiger partial charge in [0.2, 0.25) is 5.91 Å². The van der Waals surface area contributed by atoms with E-state index in [9.17, 15) is 14.4 Å². The van der Waals surface area contributed by atoms with Crippen LogP contribution in [0, 0.1) is 12.8 Å². The zero-order valence-corrected chi connectivity index (χ0v) is 17.3. The highest BCUT2D eigenvalue weighted by Gasteiger charge is 2.29. The third kappa shape index (κ3) is 6.20. The molecule has 7 nitrogen and oxygen atoms in total. The molecule has 0 bridgehead atoms. The molecule has 0 radical (unpaired) electrons. The summed E-state index contributed by atoms with van der Waals surface area (Å²) in [4.78, 5) is 38.1. The molecule has 1 aromatic heterocycles. The van der Waals surface area contributed by atoms with Crippen molar-refractivity contribution in [1.82, 2.24) is 10.2 Å². The molecular weight excluding hydrogens is 384 g/mol. The molecule has 0 spiro atoms. The van der Waals surface area contributed by atoms with Gasteiger partial charge in [-0.05, 0) is 43.9 Å². The molecule has 1 aromatic carbocycles. The predicted octanol–water partition coefficient (Wildman–Crippen LogP) is 2.73. The second kappa shape index (κ2) is 10.6. The van der Waals surface area contributed by atoms with E-state index in [1.165, 1.54) is 11.8 Å². The lowest BCUT2D eigenvalue weighted by molar-refractivity contribution is -0.150. The van der Waals surface area contributed by atoms with E-state index < -0.39 is 0 Å². The summed E-state index contributed by atoms with van der Waals surface area (Å²) in [7, 11) is 0. The Morgan fingerprint density at radius 2 is 1.87 bits per heavy atom. The smallest absolute Gasteiger partial charge is 0.309 e. The van der Waals surface area contributed by atoms with E-state index in [0.717, 1.165) is 5.56 Å². The van der Waals surface area contributed by atoms with Gasteiger partial charge in [-0.15, -0.1) is 0 Å². The van der Waals surface area contributed by atoms with Gasteiger partial charge in [0.1, 0.15) is 6.61 Å². The number of nitrogens with one attached hydrogen (secondary N) is 1. The number of benzene rings is 1. The van der Waals surface area contributed by atoms with Crippen LogP contribution in [0.15, 0.2) is 47.1 Å². The molecule has 160 valence electrons. The predicted molar refractivity (Wildman–Crippen MR) is 111 cm³/mol. The van der Waals surface area contributed by atoms with E-state index in [-0.39, 0.29) is 30.3 Å². The Morgan fingerprint density at radius 1 is 1.13 bits per heavy atom. The van der Waals surface area contributed by atoms with Crippen LogP contribution in [-0.2, 0) is 20.7 Å². The highest BCUT2D eigenvalue weighted by molar-refractivity contribution is 5.91. The fourth-order valence-corrected chi connectivity index (χ4v) is 3.44. The first-order chi connectivity index (χ1) is 14.5. The van der Waals surface area contributed by atoms with Crippen molar-refractivity contribution in [3.63, 3.8) is 0 Å². The summed E-state index contributed by atoms with van der Waals surface area (Å²) in [5.41, 5.74) is 2.32. The van der Waals surface area contributed by atoms with Gasteiger partial charge in [0, 0.05) is 19.5 Å². The number of ether oxygens (including phenoxy) is 1. The van der Waals surface area contributed by atoms with E-state index in [1.54, 1.807) is 17.0 Å². The molecule has 1 aliphatic rings. The summed E-state index contributed by atoms with van der Waals surface area (Å²) in [6.45, 7) is 3.47. The average molecular weight is 412 g/mol. The number of hydrogen-bond acceptors (Lipinski definition) is 5. The Bertz CT molecular complexity index is 837. The number of carbonyl (C=O) groups is 3. The molecule has 1 N–H and O–H groups in total. The minimum Gasteiger partial charge on any atom is -0.464 e. The molecular formula is C23H28N2O5. The zero-order chi connectivity index (χ0) is 21.3. The fourth-order valence-electron chi connectivity index (χ4n) is 3.44. The molecule has 2 amide bonds. The third-order valence-corrected chi connectivity index (χ3v) is 5.28. The lowest BCUT2D eigenvalue weighted by atomic mass is 9.97. The van der Waals surface area contributed by atoms with Gasteiger partial charge in [-0.2, -0.15) is 0 Å². The van der Waals surface area contributed by atoms with Crippen LogP contribution in [0.25, 0.3) is 0 Å². The van der Waals surface area contributed by atoms with Crippen LogP contribution in [0.3, 0.4) is 0 Å². The minimum absolute atomic E-state index is 0.0589. The number of amides is 2. The van der Waals surface area contributed by atoms with Crippen molar-refractivity contribution < 1.29 is 23.5 Å². The average Bonchev–Trinajstić information content (AvgIpc) is 3.31. The van der Waals surface area contributed by atoms with Gasteiger partial charge in [-0.3, -0.25) is 14.4 Å². The summed E-state index contributed by atoms with van der Waals surface area (Å²) >= 11 is 0. The first kappa shape index (κ1) is 21.6. The van der Waals surface area contributed by atoms with Gasteiger partial charge in [0.05, 0.1) is 18.7 Å². The summed E-state index contributed by atoms with van der Waals surface area (Å²) in [5, 5.41) is 2.78. The van der Waals surface area contributed by atoms with E-state index in [1.807, 2.05) is 31.2 Å². The molecule has 1 aliphatic heterocycles. The van der Waals surface area contributed by atoms with Crippen LogP contribution >= 0.6 is 0 Å². The van der Waals surface area contributed by atoms with Crippen LogP contribution in [0.2, 0.25) is 0 Å². The van der Waals surface area contributed by atoms with E-state index in [0.29, 0.717) is 51.1 Å². The number of esters is 1. The van der Waals surface area contributed by atoms with Crippen molar-refractivity contribution in [3.05, 3.63) is 59.5 Å². The molecule has 0 saturated carbocycles. The van der Waals surface area contributed by atoms with E-state index in [4.69, 9.17) is 9.15 Å². The second-order valence-corrected chi connectivity index (χ2v) is 7.55. The van der Waals surface area contributed by atoms with Crippen LogP contribution in [0.1, 0.15) is 40.9 Å². The second-order valence-electron chi connectivity index (χ2n) is 7.55. The van der Waals surface area contributed by atoms with Gasteiger partial charge in [-0.1, -0.05) is 29.8 Å². The summed E-state index contributed by atoms with van der Waals surface area (Å²) < 4.78 is 10.4. The monoisotopic (exact) mass is 412 g/mol. The number of aryl methyl sites for hydroxylation is 2. The molecule has 3 rings (SSSR count). The molecule has 1 fully saturated rings. The van der Waals surface area contributed by atoms with Gasteiger partial charge < -0.3 is 19.4 Å². The normalized spacial score (nSPS) is 14.4. The number of rotatable bonds is 8. The van der Waals surface area contributed by atoms with Crippen LogP contribution in [-0.4, -0.2) is 48.9 Å². The standard InChI is InChI=1S/C23H28N2O5/c1-17-4-6-18(7-5-17)8-9-21(26)24-12-16-30-23(28)19-10-13-25(14-11-19)22(27)20-3-2-15-29-20/h2-7,15,19H,8-14,16H2,1H3,(H,24,26). The SMILES string of the molecule is Cc1ccc(CCC(=O)NCCOC(=O)C2CCN(C(=O)c3ccco3)CC2)cc1. The summed E-state index contributed by atoms with van der Waals surface area (Å²) in [6.07, 6.45) is 3.68. The minimum atomic E-state index is -0.269. The lowest BCUT2D eigenvalue weighted by Crippen LogP contribution is -2.40. The maximum atomic E-state index is 12.2. The van der Waals surface area contributed by atoms with Gasteiger partial charge >= 0.3 is 5.97 Å². The Kier molecular flexibility index (Phi) is 7.65. The van der Waals surface area contributed by atoms with Crippen LogP contribution < -0.4 is 5.32 Å². The summed E-state index contributed by atoms with van der Waals surface area (Å²) in [5.74, 6) is -0.387. The van der Waals surface area contributed by atoms with Gasteiger partial charge in [0.25, 0.3) is 5.91 Å². The van der Waals surface area contributed by atoms with Gasteiger partial charge in [-0.25, -0.2) is 0 Å². The highest BCUT2D eigenvalue weighted by Crippen LogP contribution is 2.20. The topological polar surface area (TPSA) is 88.9 Å². The maximum Gasteiger partial charge on any atom is 0.309 e. The lowest BCUT2D eigenvalue weighted by Gasteiger charge is -2.30. The molecule has 30 heavy (non-hydrogen) atoms. The number of piperidine rings is 1. The Labute approximate surface area is 176 Å². The molecule has 1 saturated heterocycles. The number of nitrogens with zero attached hydrogens (tertiary/aromatic N) is 1. The fraction of sp³-hybridized carbons (Fsp3) is 0.435. The zero-order valence-electron chi connectivity index (χ0n) is 17.3. The van der Waals surface area contributed by atoms with Crippen molar-refractivity contribution in [2.24, 2.45) is 5.92 Å². The molecule has 2 heterocycles. The highest BCUT2D eigenvalue weighted by atomic mass is 16.5. The quantitative estimate of drug-likeness (QED) is 0.532. The first-order valence-electron chi connectivity index (χ1n) is 10.3. The van der Waals surface area contributed by atoms with Crippen molar-refractivity contribution in [2.45, 2.75) is 32.6 Å². The number of furan rings is 1. The number of likely N-dealkylation sites (tertiary alicyclic amines) is 1. The third-order valence-electron chi connectivity index (χ3n) is 5.28. The molecule has 7 heteroatoms. The van der Waals surface area contributed by atoms with E-state index in [2.05, 4.69) is 5.32 Å². The van der Waals surface area contributed by atoms with Crippen LogP contribution in [0.4, 0.5) is 0 Å². The van der Waals surface area contributed by atoms with Crippen molar-refractivity contribution in [3.8, 4) is 0 Å². The maximum absolute atomic E-state index is 12.2. The van der Waals surface area contributed by atoms with Crippen molar-refractivity contribution in [1.29, 1.82) is 0 Å². The Hall–Kier alpha value is -3.09. The summed E-state index contributed by atoms with van der Waals surface area (Å²) in [6, 6.07) is 11.4. The Balaban J connectivity index is 1.28. The van der Waals surface area contributed by atoms with E-state index >= 15 is 0 Å². The number of carbonyl (C=O) groups excluding carboxylic acids is 3. The number of hydrogen-bond donors (Lipinski definition) is 1. The van der Waals surface area contributed by atoms with Crippen LogP contribution in [0.5, 0.6) is 0 Å². The molecule has 2 aromatic rings. The van der Waals surface area contributed by atoms with Crippen molar-refractivity contribution in [2.75, 3.05) is 26.2 Å².